The number of rotatable bonds is 6. The van der Waals surface area contributed by atoms with Gasteiger partial charge in [-0.05, 0) is 13.3 Å². The second-order valence-corrected chi connectivity index (χ2v) is 3.75. The third-order valence-electron chi connectivity index (χ3n) is 2.09. The van der Waals surface area contributed by atoms with E-state index in [0.29, 0.717) is 30.4 Å². The van der Waals surface area contributed by atoms with Gasteiger partial charge in [0.2, 0.25) is 5.91 Å². The summed E-state index contributed by atoms with van der Waals surface area (Å²) in [5.41, 5.74) is 5.59. The zero-order valence-corrected chi connectivity index (χ0v) is 10.3. The van der Waals surface area contributed by atoms with Crippen molar-refractivity contribution in [1.29, 1.82) is 0 Å². The van der Waals surface area contributed by atoms with E-state index in [0.717, 1.165) is 13.0 Å². The highest BCUT2D eigenvalue weighted by molar-refractivity contribution is 5.76. The molecule has 0 fully saturated rings. The van der Waals surface area contributed by atoms with Gasteiger partial charge in [0.1, 0.15) is 17.5 Å². The lowest BCUT2D eigenvalue weighted by atomic mass is 10.3. The Hall–Kier alpha value is -1.85. The Morgan fingerprint density at radius 2 is 2.18 bits per heavy atom. The molecule has 0 aromatic carbocycles. The van der Waals surface area contributed by atoms with Crippen molar-refractivity contribution in [2.24, 2.45) is 0 Å². The number of nitrogens with zero attached hydrogens (tertiary/aromatic N) is 2. The van der Waals surface area contributed by atoms with Crippen LogP contribution in [0.5, 0.6) is 0 Å². The van der Waals surface area contributed by atoms with Crippen LogP contribution in [0.3, 0.4) is 0 Å². The minimum Gasteiger partial charge on any atom is -0.384 e. The van der Waals surface area contributed by atoms with Crippen LogP contribution in [-0.2, 0) is 4.79 Å². The molecule has 0 aliphatic heterocycles. The summed E-state index contributed by atoms with van der Waals surface area (Å²) in [6.45, 7) is 5.05. The minimum atomic E-state index is 0.0399. The molecular weight excluding hydrogens is 218 g/mol. The molecule has 0 spiro atoms. The molecule has 0 radical (unpaired) electrons. The zero-order chi connectivity index (χ0) is 12.7. The molecule has 0 atom stereocenters. The van der Waals surface area contributed by atoms with E-state index in [2.05, 4.69) is 20.6 Å². The standard InChI is InChI=1S/C11H19N5O/c1-3-5-14-11(17)4-6-13-10-7-9(12)15-8(2)16-10/h7H,3-6H2,1-2H3,(H,14,17)(H3,12,13,15,16). The number of hydrogen-bond acceptors (Lipinski definition) is 5. The fourth-order valence-electron chi connectivity index (χ4n) is 1.34. The number of hydrogen-bond donors (Lipinski definition) is 3. The maximum Gasteiger partial charge on any atom is 0.221 e. The van der Waals surface area contributed by atoms with E-state index in [1.54, 1.807) is 13.0 Å². The summed E-state index contributed by atoms with van der Waals surface area (Å²) >= 11 is 0. The van der Waals surface area contributed by atoms with E-state index in [4.69, 9.17) is 5.73 Å². The summed E-state index contributed by atoms with van der Waals surface area (Å²) in [4.78, 5) is 19.4. The van der Waals surface area contributed by atoms with E-state index in [-0.39, 0.29) is 5.91 Å². The molecule has 94 valence electrons. The molecule has 0 saturated carbocycles. The summed E-state index contributed by atoms with van der Waals surface area (Å²) in [7, 11) is 0. The Labute approximate surface area is 101 Å². The Morgan fingerprint density at radius 3 is 2.82 bits per heavy atom. The molecule has 1 heterocycles. The number of nitrogens with one attached hydrogen (secondary N) is 2. The van der Waals surface area contributed by atoms with Crippen LogP contribution in [0.15, 0.2) is 6.07 Å². The monoisotopic (exact) mass is 237 g/mol. The predicted octanol–water partition coefficient (Wildman–Crippen LogP) is 0.695. The number of carbonyl (C=O) groups excluding carboxylic acids is 1. The lowest BCUT2D eigenvalue weighted by Crippen LogP contribution is -2.26. The number of anilines is 2. The van der Waals surface area contributed by atoms with Gasteiger partial charge in [-0.15, -0.1) is 0 Å². The summed E-state index contributed by atoms with van der Waals surface area (Å²) in [5, 5.41) is 5.85. The van der Waals surface area contributed by atoms with Crippen molar-refractivity contribution in [3.05, 3.63) is 11.9 Å². The van der Waals surface area contributed by atoms with Crippen LogP contribution < -0.4 is 16.4 Å². The Morgan fingerprint density at radius 1 is 1.41 bits per heavy atom. The van der Waals surface area contributed by atoms with Gasteiger partial charge in [0.05, 0.1) is 0 Å². The number of aromatic nitrogens is 2. The fourth-order valence-corrected chi connectivity index (χ4v) is 1.34. The molecule has 17 heavy (non-hydrogen) atoms. The molecule has 1 aromatic rings. The average molecular weight is 237 g/mol. The van der Waals surface area contributed by atoms with Crippen LogP contribution in [0.25, 0.3) is 0 Å². The maximum absolute atomic E-state index is 11.3. The molecule has 1 amide bonds. The van der Waals surface area contributed by atoms with Crippen molar-refractivity contribution < 1.29 is 4.79 Å². The first-order valence-corrected chi connectivity index (χ1v) is 5.73. The summed E-state index contributed by atoms with van der Waals surface area (Å²) in [6, 6.07) is 1.65. The maximum atomic E-state index is 11.3. The minimum absolute atomic E-state index is 0.0399. The van der Waals surface area contributed by atoms with Gasteiger partial charge in [0, 0.05) is 25.6 Å². The molecule has 6 heteroatoms. The fraction of sp³-hybridized carbons (Fsp3) is 0.545. The summed E-state index contributed by atoms with van der Waals surface area (Å²) < 4.78 is 0. The molecule has 0 aliphatic carbocycles. The van der Waals surface area contributed by atoms with Gasteiger partial charge in [-0.1, -0.05) is 6.92 Å². The van der Waals surface area contributed by atoms with E-state index >= 15 is 0 Å². The molecule has 1 aromatic heterocycles. The number of amides is 1. The zero-order valence-electron chi connectivity index (χ0n) is 10.3. The van der Waals surface area contributed by atoms with E-state index in [1.807, 2.05) is 6.92 Å². The Kier molecular flexibility index (Phi) is 5.19. The molecule has 0 aliphatic rings. The van der Waals surface area contributed by atoms with Gasteiger partial charge in [-0.25, -0.2) is 9.97 Å². The van der Waals surface area contributed by atoms with Crippen LogP contribution in [0, 0.1) is 6.92 Å². The molecule has 4 N–H and O–H groups in total. The van der Waals surface area contributed by atoms with E-state index in [1.165, 1.54) is 0 Å². The van der Waals surface area contributed by atoms with Crippen molar-refractivity contribution in [1.82, 2.24) is 15.3 Å². The number of nitrogens with two attached hydrogens (primary N) is 1. The quantitative estimate of drug-likeness (QED) is 0.677. The summed E-state index contributed by atoms with van der Waals surface area (Å²) in [6.07, 6.45) is 1.36. The highest BCUT2D eigenvalue weighted by Crippen LogP contribution is 2.07. The topological polar surface area (TPSA) is 92.9 Å². The van der Waals surface area contributed by atoms with Crippen molar-refractivity contribution in [3.8, 4) is 0 Å². The van der Waals surface area contributed by atoms with Crippen LogP contribution in [0.4, 0.5) is 11.6 Å². The number of aryl methyl sites for hydroxylation is 1. The second kappa shape index (κ2) is 6.67. The average Bonchev–Trinajstić information content (AvgIpc) is 2.25. The van der Waals surface area contributed by atoms with Crippen molar-refractivity contribution >= 4 is 17.5 Å². The van der Waals surface area contributed by atoms with Gasteiger partial charge >= 0.3 is 0 Å². The Balaban J connectivity index is 2.33. The highest BCUT2D eigenvalue weighted by atomic mass is 16.1. The lowest BCUT2D eigenvalue weighted by Gasteiger charge is -2.07. The molecule has 0 unspecified atom stereocenters. The van der Waals surface area contributed by atoms with Crippen LogP contribution in [-0.4, -0.2) is 29.0 Å². The van der Waals surface area contributed by atoms with Gasteiger partial charge < -0.3 is 16.4 Å². The van der Waals surface area contributed by atoms with Crippen LogP contribution in [0.2, 0.25) is 0 Å². The SMILES string of the molecule is CCCNC(=O)CCNc1cc(N)nc(C)n1. The third-order valence-corrected chi connectivity index (χ3v) is 2.09. The molecule has 0 saturated heterocycles. The van der Waals surface area contributed by atoms with Gasteiger partial charge in [0.15, 0.2) is 0 Å². The molecule has 0 bridgehead atoms. The highest BCUT2D eigenvalue weighted by Gasteiger charge is 2.01. The lowest BCUT2D eigenvalue weighted by molar-refractivity contribution is -0.120. The summed E-state index contributed by atoms with van der Waals surface area (Å²) in [5.74, 6) is 1.73. The third kappa shape index (κ3) is 5.14. The van der Waals surface area contributed by atoms with Crippen molar-refractivity contribution in [3.63, 3.8) is 0 Å². The normalized spacial score (nSPS) is 10.0. The first kappa shape index (κ1) is 13.2. The molecule has 6 nitrogen and oxygen atoms in total. The largest absolute Gasteiger partial charge is 0.384 e. The van der Waals surface area contributed by atoms with Gasteiger partial charge in [0.25, 0.3) is 0 Å². The van der Waals surface area contributed by atoms with Crippen molar-refractivity contribution in [2.45, 2.75) is 26.7 Å². The first-order valence-electron chi connectivity index (χ1n) is 5.73. The first-order chi connectivity index (χ1) is 8.11. The van der Waals surface area contributed by atoms with Crippen molar-refractivity contribution in [2.75, 3.05) is 24.1 Å². The molecule has 1 rings (SSSR count). The number of carbonyl (C=O) groups is 1. The van der Waals surface area contributed by atoms with E-state index < -0.39 is 0 Å². The Bertz CT molecular complexity index is 360. The molecular formula is C11H19N5O. The van der Waals surface area contributed by atoms with Crippen LogP contribution >= 0.6 is 0 Å². The number of nitrogen functional groups attached to an aromatic ring is 1. The second-order valence-electron chi connectivity index (χ2n) is 3.75. The predicted molar refractivity (Wildman–Crippen MR) is 67.6 cm³/mol. The van der Waals surface area contributed by atoms with Gasteiger partial charge in [-0.2, -0.15) is 0 Å². The van der Waals surface area contributed by atoms with E-state index in [9.17, 15) is 4.79 Å². The van der Waals surface area contributed by atoms with Crippen LogP contribution in [0.1, 0.15) is 25.6 Å². The smallest absolute Gasteiger partial charge is 0.221 e. The van der Waals surface area contributed by atoms with Gasteiger partial charge in [-0.3, -0.25) is 4.79 Å².